The third kappa shape index (κ3) is 4.25. The Morgan fingerprint density at radius 2 is 1.70 bits per heavy atom. The quantitative estimate of drug-likeness (QED) is 0.762. The maximum Gasteiger partial charge on any atom is 0.410 e. The smallest absolute Gasteiger partial charge is 0.410 e. The van der Waals surface area contributed by atoms with E-state index in [1.807, 2.05) is 0 Å². The predicted octanol–water partition coefficient (Wildman–Crippen LogP) is 4.12. The number of piperidine rings is 1. The molecule has 0 atom stereocenters. The number of hydrogen-bond donors (Lipinski definition) is 0. The molecule has 1 amide bonds. The number of benzene rings is 1. The Morgan fingerprint density at radius 3 is 2.19 bits per heavy atom. The van der Waals surface area contributed by atoms with Crippen LogP contribution in [0.15, 0.2) is 29.2 Å². The van der Waals surface area contributed by atoms with Crippen molar-refractivity contribution in [3.05, 3.63) is 30.1 Å². The SMILES string of the molecule is CC(C)(C)OC(=O)N1CCC(F)(C(C)(C)S(=O)(=O)c2cccc(F)c2)CC1. The molecule has 1 aliphatic heterocycles. The first-order valence-corrected chi connectivity index (χ1v) is 10.3. The normalized spacial score (nSPS) is 18.3. The van der Waals surface area contributed by atoms with Gasteiger partial charge < -0.3 is 9.64 Å². The van der Waals surface area contributed by atoms with Gasteiger partial charge in [-0.15, -0.1) is 0 Å². The van der Waals surface area contributed by atoms with Crippen molar-refractivity contribution in [1.29, 1.82) is 0 Å². The Morgan fingerprint density at radius 1 is 1.15 bits per heavy atom. The average molecular weight is 403 g/mol. The Bertz CT molecular complexity index is 807. The summed E-state index contributed by atoms with van der Waals surface area (Å²) in [5.41, 5.74) is -2.72. The molecule has 0 aliphatic carbocycles. The Balaban J connectivity index is 2.21. The van der Waals surface area contributed by atoms with Gasteiger partial charge in [0.2, 0.25) is 0 Å². The van der Waals surface area contributed by atoms with Gasteiger partial charge in [-0.2, -0.15) is 0 Å². The molecule has 152 valence electrons. The standard InChI is InChI=1S/C19H27F2NO4S/c1-17(2,3)26-16(23)22-11-9-19(21,10-12-22)18(4,5)27(24,25)15-8-6-7-14(20)13-15/h6-8,13H,9-12H2,1-5H3. The molecule has 0 radical (unpaired) electrons. The number of hydrogen-bond acceptors (Lipinski definition) is 4. The summed E-state index contributed by atoms with van der Waals surface area (Å²) >= 11 is 0. The molecule has 0 spiro atoms. The highest BCUT2D eigenvalue weighted by atomic mass is 32.2. The van der Waals surface area contributed by atoms with E-state index in [9.17, 15) is 17.6 Å². The minimum atomic E-state index is -4.14. The van der Waals surface area contributed by atoms with Gasteiger partial charge >= 0.3 is 6.09 Å². The summed E-state index contributed by atoms with van der Waals surface area (Å²) in [6.45, 7) is 7.95. The lowest BCUT2D eigenvalue weighted by Crippen LogP contribution is -2.58. The fourth-order valence-electron chi connectivity index (χ4n) is 3.14. The lowest BCUT2D eigenvalue weighted by molar-refractivity contribution is -0.00493. The highest BCUT2D eigenvalue weighted by Gasteiger charge is 2.56. The highest BCUT2D eigenvalue weighted by Crippen LogP contribution is 2.44. The third-order valence-electron chi connectivity index (χ3n) is 5.06. The van der Waals surface area contributed by atoms with Crippen molar-refractivity contribution in [3.8, 4) is 0 Å². The van der Waals surface area contributed by atoms with Gasteiger partial charge in [-0.25, -0.2) is 22.0 Å². The largest absolute Gasteiger partial charge is 0.444 e. The van der Waals surface area contributed by atoms with Crippen molar-refractivity contribution in [2.24, 2.45) is 0 Å². The van der Waals surface area contributed by atoms with Crippen LogP contribution in [0, 0.1) is 5.82 Å². The Hall–Kier alpha value is -1.70. The molecule has 1 fully saturated rings. The molecule has 0 unspecified atom stereocenters. The molecule has 5 nitrogen and oxygen atoms in total. The summed E-state index contributed by atoms with van der Waals surface area (Å²) < 4.78 is 58.7. The number of carbonyl (C=O) groups excluding carboxylic acids is 1. The minimum Gasteiger partial charge on any atom is -0.444 e. The second kappa shape index (κ2) is 7.04. The summed E-state index contributed by atoms with van der Waals surface area (Å²) in [5, 5.41) is 0. The van der Waals surface area contributed by atoms with E-state index in [4.69, 9.17) is 4.74 Å². The third-order valence-corrected chi connectivity index (χ3v) is 7.65. The van der Waals surface area contributed by atoms with E-state index in [2.05, 4.69) is 0 Å². The molecule has 2 rings (SSSR count). The van der Waals surface area contributed by atoms with Crippen LogP contribution in [0.4, 0.5) is 13.6 Å². The number of likely N-dealkylation sites (tertiary alicyclic amines) is 1. The fourth-order valence-corrected chi connectivity index (χ4v) is 4.94. The first-order valence-electron chi connectivity index (χ1n) is 8.87. The molecule has 0 bridgehead atoms. The second-order valence-corrected chi connectivity index (χ2v) is 10.9. The van der Waals surface area contributed by atoms with Crippen LogP contribution >= 0.6 is 0 Å². The lowest BCUT2D eigenvalue weighted by Gasteiger charge is -2.45. The van der Waals surface area contributed by atoms with Crippen molar-refractivity contribution < 1.29 is 26.7 Å². The van der Waals surface area contributed by atoms with Crippen molar-refractivity contribution >= 4 is 15.9 Å². The van der Waals surface area contributed by atoms with Crippen LogP contribution in [0.5, 0.6) is 0 Å². The topological polar surface area (TPSA) is 63.7 Å². The number of nitrogens with zero attached hydrogens (tertiary/aromatic N) is 1. The van der Waals surface area contributed by atoms with Gasteiger partial charge in [-0.3, -0.25) is 0 Å². The maximum absolute atomic E-state index is 15.8. The van der Waals surface area contributed by atoms with Gasteiger partial charge in [0.1, 0.15) is 21.8 Å². The van der Waals surface area contributed by atoms with Crippen LogP contribution in [0.1, 0.15) is 47.5 Å². The van der Waals surface area contributed by atoms with E-state index >= 15 is 4.39 Å². The number of alkyl halides is 1. The second-order valence-electron chi connectivity index (χ2n) is 8.40. The molecular formula is C19H27F2NO4S. The van der Waals surface area contributed by atoms with E-state index in [-0.39, 0.29) is 30.8 Å². The van der Waals surface area contributed by atoms with Crippen molar-refractivity contribution in [2.75, 3.05) is 13.1 Å². The summed E-state index contributed by atoms with van der Waals surface area (Å²) in [6.07, 6.45) is -0.836. The molecule has 0 N–H and O–H groups in total. The van der Waals surface area contributed by atoms with E-state index in [1.54, 1.807) is 20.8 Å². The van der Waals surface area contributed by atoms with Crippen LogP contribution in [0.3, 0.4) is 0 Å². The molecule has 0 aromatic heterocycles. The Kier molecular flexibility index (Phi) is 5.63. The molecule has 0 saturated carbocycles. The number of sulfone groups is 1. The molecule has 8 heteroatoms. The van der Waals surface area contributed by atoms with Crippen molar-refractivity contribution in [2.45, 2.75) is 68.4 Å². The van der Waals surface area contributed by atoms with Gasteiger partial charge in [0.15, 0.2) is 9.84 Å². The van der Waals surface area contributed by atoms with Crippen molar-refractivity contribution in [1.82, 2.24) is 4.90 Å². The monoisotopic (exact) mass is 403 g/mol. The van der Waals surface area contributed by atoms with E-state index in [0.29, 0.717) is 0 Å². The Labute approximate surface area is 159 Å². The number of amides is 1. The van der Waals surface area contributed by atoms with Gasteiger partial charge in [-0.05, 0) is 52.8 Å². The van der Waals surface area contributed by atoms with Crippen molar-refractivity contribution in [3.63, 3.8) is 0 Å². The first-order chi connectivity index (χ1) is 12.2. The minimum absolute atomic E-state index is 0.0491. The van der Waals surface area contributed by atoms with Crippen LogP contribution in [-0.2, 0) is 14.6 Å². The van der Waals surface area contributed by atoms with E-state index in [1.165, 1.54) is 30.9 Å². The number of halogens is 2. The summed E-state index contributed by atoms with van der Waals surface area (Å²) in [4.78, 5) is 13.3. The molecular weight excluding hydrogens is 376 g/mol. The molecule has 1 heterocycles. The zero-order valence-electron chi connectivity index (χ0n) is 16.4. The lowest BCUT2D eigenvalue weighted by atomic mass is 9.82. The average Bonchev–Trinajstić information content (AvgIpc) is 2.53. The van der Waals surface area contributed by atoms with Gasteiger partial charge in [0.25, 0.3) is 0 Å². The molecule has 1 aliphatic rings. The van der Waals surface area contributed by atoms with E-state index in [0.717, 1.165) is 12.1 Å². The van der Waals surface area contributed by atoms with Crippen LogP contribution in [-0.4, -0.2) is 48.5 Å². The number of rotatable bonds is 3. The van der Waals surface area contributed by atoms with Gasteiger partial charge in [0.05, 0.1) is 4.90 Å². The van der Waals surface area contributed by atoms with Gasteiger partial charge in [0, 0.05) is 25.9 Å². The summed E-state index contributed by atoms with van der Waals surface area (Å²) in [6, 6.07) is 4.58. The first kappa shape index (κ1) is 21.6. The predicted molar refractivity (Wildman–Crippen MR) is 98.5 cm³/mol. The van der Waals surface area contributed by atoms with E-state index < -0.39 is 37.8 Å². The van der Waals surface area contributed by atoms with Crippen LogP contribution in [0.25, 0.3) is 0 Å². The molecule has 1 aromatic carbocycles. The molecule has 1 saturated heterocycles. The van der Waals surface area contributed by atoms with Gasteiger partial charge in [-0.1, -0.05) is 6.07 Å². The molecule has 27 heavy (non-hydrogen) atoms. The van der Waals surface area contributed by atoms with Crippen LogP contribution < -0.4 is 0 Å². The maximum atomic E-state index is 15.8. The zero-order valence-corrected chi connectivity index (χ0v) is 17.2. The highest BCUT2D eigenvalue weighted by molar-refractivity contribution is 7.92. The molecule has 1 aromatic rings. The number of ether oxygens (including phenoxy) is 1. The number of carbonyl (C=O) groups is 1. The summed E-state index contributed by atoms with van der Waals surface area (Å²) in [7, 11) is -4.14. The summed E-state index contributed by atoms with van der Waals surface area (Å²) in [5.74, 6) is -0.695. The zero-order chi connectivity index (χ0) is 20.7. The van der Waals surface area contributed by atoms with Crippen LogP contribution in [0.2, 0.25) is 0 Å². The fraction of sp³-hybridized carbons (Fsp3) is 0.632.